The van der Waals surface area contributed by atoms with Gasteiger partial charge in [0, 0.05) is 25.0 Å². The first-order valence-electron chi connectivity index (χ1n) is 7.02. The molecule has 112 valence electrons. The number of rotatable bonds is 5. The molecule has 0 saturated heterocycles. The monoisotopic (exact) mass is 286 g/mol. The van der Waals surface area contributed by atoms with Gasteiger partial charge in [0.05, 0.1) is 7.11 Å². The summed E-state index contributed by atoms with van der Waals surface area (Å²) in [4.78, 5) is 12.0. The molecule has 0 aliphatic rings. The number of nitrogens with one attached hydrogen (secondary N) is 1. The smallest absolute Gasteiger partial charge is 0.327 e. The number of carbonyl (C=O) groups is 1. The zero-order valence-electron chi connectivity index (χ0n) is 13.0. The summed E-state index contributed by atoms with van der Waals surface area (Å²) in [5.74, 6) is -0.272. The van der Waals surface area contributed by atoms with Crippen molar-refractivity contribution in [1.29, 1.82) is 0 Å². The summed E-state index contributed by atoms with van der Waals surface area (Å²) in [5.41, 5.74) is 4.52. The minimum Gasteiger partial charge on any atom is -0.468 e. The van der Waals surface area contributed by atoms with Crippen molar-refractivity contribution in [3.63, 3.8) is 0 Å². The lowest BCUT2D eigenvalue weighted by Crippen LogP contribution is -2.29. The first kappa shape index (κ1) is 15.3. The van der Waals surface area contributed by atoms with Crippen molar-refractivity contribution < 1.29 is 9.53 Å². The van der Waals surface area contributed by atoms with E-state index < -0.39 is 6.04 Å². The summed E-state index contributed by atoms with van der Waals surface area (Å²) in [6.07, 6.45) is 0. The third kappa shape index (κ3) is 3.34. The first-order valence-corrected chi connectivity index (χ1v) is 7.02. The molecular weight excluding hydrogens is 264 g/mol. The van der Waals surface area contributed by atoms with E-state index in [2.05, 4.69) is 29.8 Å². The van der Waals surface area contributed by atoms with Crippen molar-refractivity contribution in [2.45, 2.75) is 26.4 Å². The van der Waals surface area contributed by atoms with E-state index in [0.29, 0.717) is 6.54 Å². The Hall–Kier alpha value is -2.07. The molecule has 4 nitrogen and oxygen atoms in total. The second kappa shape index (κ2) is 6.59. The van der Waals surface area contributed by atoms with Crippen LogP contribution in [0.15, 0.2) is 36.4 Å². The third-order valence-electron chi connectivity index (χ3n) is 3.95. The van der Waals surface area contributed by atoms with Crippen molar-refractivity contribution in [3.05, 3.63) is 58.9 Å². The number of hydrogen-bond donors (Lipinski definition) is 1. The third-order valence-corrected chi connectivity index (χ3v) is 3.95. The molecule has 1 atom stereocenters. The van der Waals surface area contributed by atoms with Crippen LogP contribution in [-0.4, -0.2) is 17.6 Å². The van der Waals surface area contributed by atoms with Crippen LogP contribution in [0.5, 0.6) is 0 Å². The second-order valence-electron chi connectivity index (χ2n) is 5.20. The average Bonchev–Trinajstić information content (AvgIpc) is 2.75. The van der Waals surface area contributed by atoms with Gasteiger partial charge in [-0.05, 0) is 31.0 Å². The predicted molar refractivity (Wildman–Crippen MR) is 82.9 cm³/mol. The van der Waals surface area contributed by atoms with Crippen LogP contribution in [0.25, 0.3) is 0 Å². The highest BCUT2D eigenvalue weighted by atomic mass is 16.5. The lowest BCUT2D eigenvalue weighted by Gasteiger charge is -2.17. The molecule has 0 aliphatic carbocycles. The van der Waals surface area contributed by atoms with Crippen molar-refractivity contribution in [2.24, 2.45) is 7.05 Å². The SMILES string of the molecule is COC(=O)C(NCc1cc(C)n(C)c1C)c1ccccc1. The number of aromatic nitrogens is 1. The minimum atomic E-state index is -0.448. The van der Waals surface area contributed by atoms with E-state index in [0.717, 1.165) is 5.56 Å². The zero-order chi connectivity index (χ0) is 15.4. The van der Waals surface area contributed by atoms with Crippen LogP contribution in [0.3, 0.4) is 0 Å². The highest BCUT2D eigenvalue weighted by Gasteiger charge is 2.21. The Morgan fingerprint density at radius 1 is 1.29 bits per heavy atom. The molecule has 0 fully saturated rings. The molecule has 4 heteroatoms. The summed E-state index contributed by atoms with van der Waals surface area (Å²) in [6.45, 7) is 4.79. The van der Waals surface area contributed by atoms with Crippen LogP contribution in [-0.2, 0) is 23.1 Å². The molecule has 0 radical (unpaired) electrons. The number of ether oxygens (including phenoxy) is 1. The number of aryl methyl sites for hydroxylation is 1. The molecule has 0 amide bonds. The number of nitrogens with zero attached hydrogens (tertiary/aromatic N) is 1. The number of hydrogen-bond acceptors (Lipinski definition) is 3. The molecule has 1 unspecified atom stereocenters. The lowest BCUT2D eigenvalue weighted by molar-refractivity contribution is -0.143. The van der Waals surface area contributed by atoms with E-state index in [1.54, 1.807) is 0 Å². The van der Waals surface area contributed by atoms with Crippen LogP contribution >= 0.6 is 0 Å². The van der Waals surface area contributed by atoms with Crippen molar-refractivity contribution in [3.8, 4) is 0 Å². The van der Waals surface area contributed by atoms with E-state index in [1.807, 2.05) is 37.4 Å². The molecule has 1 N–H and O–H groups in total. The average molecular weight is 286 g/mol. The highest BCUT2D eigenvalue weighted by Crippen LogP contribution is 2.17. The van der Waals surface area contributed by atoms with Gasteiger partial charge in [-0.25, -0.2) is 4.79 Å². The topological polar surface area (TPSA) is 43.3 Å². The highest BCUT2D eigenvalue weighted by molar-refractivity contribution is 5.77. The quantitative estimate of drug-likeness (QED) is 0.859. The predicted octanol–water partition coefficient (Wildman–Crippen LogP) is 2.65. The van der Waals surface area contributed by atoms with Gasteiger partial charge < -0.3 is 9.30 Å². The Morgan fingerprint density at radius 3 is 2.48 bits per heavy atom. The Labute approximate surface area is 125 Å². The van der Waals surface area contributed by atoms with Crippen molar-refractivity contribution in [1.82, 2.24) is 9.88 Å². The van der Waals surface area contributed by atoms with Crippen molar-refractivity contribution >= 4 is 5.97 Å². The van der Waals surface area contributed by atoms with Gasteiger partial charge in [0.25, 0.3) is 0 Å². The van der Waals surface area contributed by atoms with Gasteiger partial charge in [-0.2, -0.15) is 0 Å². The van der Waals surface area contributed by atoms with E-state index in [-0.39, 0.29) is 5.97 Å². The van der Waals surface area contributed by atoms with E-state index >= 15 is 0 Å². The van der Waals surface area contributed by atoms with E-state index in [4.69, 9.17) is 4.74 Å². The molecule has 0 aliphatic heterocycles. The molecule has 21 heavy (non-hydrogen) atoms. The summed E-state index contributed by atoms with van der Waals surface area (Å²) in [6, 6.07) is 11.3. The molecule has 1 aromatic carbocycles. The molecule has 1 heterocycles. The normalized spacial score (nSPS) is 12.2. The Kier molecular flexibility index (Phi) is 4.81. The Balaban J connectivity index is 2.16. The number of carbonyl (C=O) groups excluding carboxylic acids is 1. The molecule has 1 aromatic heterocycles. The van der Waals surface area contributed by atoms with E-state index in [1.165, 1.54) is 24.1 Å². The number of methoxy groups -OCH3 is 1. The van der Waals surface area contributed by atoms with Crippen LogP contribution < -0.4 is 5.32 Å². The molecule has 0 bridgehead atoms. The molecule has 2 rings (SSSR count). The van der Waals surface area contributed by atoms with Gasteiger partial charge in [0.15, 0.2) is 0 Å². The molecule has 0 spiro atoms. The second-order valence-corrected chi connectivity index (χ2v) is 5.20. The fraction of sp³-hybridized carbons (Fsp3) is 0.353. The van der Waals surface area contributed by atoms with Crippen LogP contribution in [0.1, 0.15) is 28.6 Å². The molecule has 0 saturated carbocycles. The molecule has 2 aromatic rings. The minimum absolute atomic E-state index is 0.272. The van der Waals surface area contributed by atoms with Gasteiger partial charge in [-0.3, -0.25) is 5.32 Å². The number of esters is 1. The maximum Gasteiger partial charge on any atom is 0.327 e. The summed E-state index contributed by atoms with van der Waals surface area (Å²) < 4.78 is 7.05. The van der Waals surface area contributed by atoms with Gasteiger partial charge in [0.1, 0.15) is 6.04 Å². The maximum atomic E-state index is 12.0. The largest absolute Gasteiger partial charge is 0.468 e. The van der Waals surface area contributed by atoms with Crippen molar-refractivity contribution in [2.75, 3.05) is 7.11 Å². The standard InChI is InChI=1S/C17H22N2O2/c1-12-10-15(13(2)19(12)3)11-18-16(17(20)21-4)14-8-6-5-7-9-14/h5-10,16,18H,11H2,1-4H3. The number of benzene rings is 1. The van der Waals surface area contributed by atoms with Gasteiger partial charge >= 0.3 is 5.97 Å². The molecular formula is C17H22N2O2. The lowest BCUT2D eigenvalue weighted by atomic mass is 10.1. The summed E-state index contributed by atoms with van der Waals surface area (Å²) in [7, 11) is 3.46. The maximum absolute atomic E-state index is 12.0. The Bertz CT molecular complexity index is 617. The van der Waals surface area contributed by atoms with Gasteiger partial charge in [-0.1, -0.05) is 30.3 Å². The first-order chi connectivity index (χ1) is 10.0. The van der Waals surface area contributed by atoms with Crippen LogP contribution in [0, 0.1) is 13.8 Å². The Morgan fingerprint density at radius 2 is 1.95 bits per heavy atom. The van der Waals surface area contributed by atoms with Gasteiger partial charge in [-0.15, -0.1) is 0 Å². The van der Waals surface area contributed by atoms with Crippen LogP contribution in [0.2, 0.25) is 0 Å². The fourth-order valence-corrected chi connectivity index (χ4v) is 2.42. The fourth-order valence-electron chi connectivity index (χ4n) is 2.42. The van der Waals surface area contributed by atoms with Crippen LogP contribution in [0.4, 0.5) is 0 Å². The van der Waals surface area contributed by atoms with E-state index in [9.17, 15) is 4.79 Å². The summed E-state index contributed by atoms with van der Waals surface area (Å²) in [5, 5.41) is 3.30. The van der Waals surface area contributed by atoms with Gasteiger partial charge in [0.2, 0.25) is 0 Å². The summed E-state index contributed by atoms with van der Waals surface area (Å²) >= 11 is 0. The zero-order valence-corrected chi connectivity index (χ0v) is 13.0.